The third-order valence-corrected chi connectivity index (χ3v) is 6.84. The number of esters is 2. The highest BCUT2D eigenvalue weighted by molar-refractivity contribution is 7.97. The van der Waals surface area contributed by atoms with Crippen LogP contribution in [0.15, 0.2) is 112 Å². The van der Waals surface area contributed by atoms with E-state index in [0.29, 0.717) is 24.2 Å². The molecule has 4 nitrogen and oxygen atoms in total. The maximum Gasteiger partial charge on any atom is 0.333 e. The van der Waals surface area contributed by atoms with Gasteiger partial charge in [0, 0.05) is 12.0 Å². The average molecular weight is 448 g/mol. The predicted molar refractivity (Wildman–Crippen MR) is 127 cm³/mol. The van der Waals surface area contributed by atoms with Crippen molar-refractivity contribution in [2.75, 3.05) is 6.61 Å². The Labute approximate surface area is 192 Å². The number of hydrogen-bond acceptors (Lipinski definition) is 4. The van der Waals surface area contributed by atoms with Crippen molar-refractivity contribution >= 4 is 22.8 Å². The van der Waals surface area contributed by atoms with Crippen molar-refractivity contribution in [3.63, 3.8) is 0 Å². The Bertz CT molecular complexity index is 991. The number of ether oxygens (including phenoxy) is 2. The van der Waals surface area contributed by atoms with E-state index in [-0.39, 0.29) is 29.9 Å². The fourth-order valence-corrected chi connectivity index (χ4v) is 5.09. The van der Waals surface area contributed by atoms with E-state index in [1.165, 1.54) is 9.79 Å². The molecule has 0 aliphatic heterocycles. The number of rotatable bonds is 10. The van der Waals surface area contributed by atoms with Gasteiger partial charge in [-0.15, -0.1) is 0 Å². The zero-order valence-electron chi connectivity index (χ0n) is 18.2. The number of carbonyl (C=O) groups is 2. The molecule has 0 spiro atoms. The van der Waals surface area contributed by atoms with Crippen molar-refractivity contribution in [1.29, 1.82) is 0 Å². The maximum atomic E-state index is 12.1. The Hall–Kier alpha value is -3.31. The first-order valence-corrected chi connectivity index (χ1v) is 11.7. The van der Waals surface area contributed by atoms with Crippen LogP contribution in [0.1, 0.15) is 26.2 Å². The molecule has 3 aromatic rings. The van der Waals surface area contributed by atoms with Gasteiger partial charge in [-0.3, -0.25) is 4.79 Å². The molecular weight excluding hydrogens is 420 g/mol. The van der Waals surface area contributed by atoms with Gasteiger partial charge in [-0.05, 0) is 68.3 Å². The normalized spacial score (nSPS) is 10.6. The van der Waals surface area contributed by atoms with Crippen LogP contribution in [0.5, 0.6) is 5.75 Å². The lowest BCUT2D eigenvalue weighted by atomic mass is 10.2. The summed E-state index contributed by atoms with van der Waals surface area (Å²) in [6, 6.07) is 28.5. The molecule has 3 rings (SSSR count). The van der Waals surface area contributed by atoms with E-state index in [1.54, 1.807) is 6.92 Å². The molecule has 5 heteroatoms. The molecule has 3 aromatic carbocycles. The maximum absolute atomic E-state index is 12.1. The van der Waals surface area contributed by atoms with Crippen molar-refractivity contribution in [2.45, 2.75) is 40.9 Å². The SMILES string of the molecule is C=C(C)C(=O)OCCCCC(=O)Oc1ccc([S+](c2ccccc2)c2ccccc2)cc1. The van der Waals surface area contributed by atoms with E-state index < -0.39 is 5.97 Å². The fraction of sp³-hybridized carbons (Fsp3) is 0.185. The Balaban J connectivity index is 1.58. The van der Waals surface area contributed by atoms with Crippen LogP contribution in [-0.4, -0.2) is 18.5 Å². The second-order valence-corrected chi connectivity index (χ2v) is 9.28. The highest BCUT2D eigenvalue weighted by atomic mass is 32.2. The number of hydrogen-bond donors (Lipinski definition) is 0. The van der Waals surface area contributed by atoms with Crippen molar-refractivity contribution in [3.8, 4) is 5.75 Å². The van der Waals surface area contributed by atoms with Crippen LogP contribution in [0.4, 0.5) is 0 Å². The molecule has 0 bridgehead atoms. The molecule has 0 saturated carbocycles. The van der Waals surface area contributed by atoms with Crippen LogP contribution >= 0.6 is 0 Å². The molecular formula is C27H27O4S+. The molecule has 0 saturated heterocycles. The zero-order valence-corrected chi connectivity index (χ0v) is 19.0. The molecule has 0 fully saturated rings. The van der Waals surface area contributed by atoms with E-state index in [4.69, 9.17) is 9.47 Å². The third kappa shape index (κ3) is 6.86. The molecule has 0 aliphatic rings. The first-order chi connectivity index (χ1) is 15.5. The van der Waals surface area contributed by atoms with E-state index in [2.05, 4.69) is 30.8 Å². The highest BCUT2D eigenvalue weighted by Gasteiger charge is 2.28. The van der Waals surface area contributed by atoms with Crippen molar-refractivity contribution < 1.29 is 19.1 Å². The van der Waals surface area contributed by atoms with Crippen molar-refractivity contribution in [3.05, 3.63) is 97.1 Å². The Morgan fingerprint density at radius 3 is 1.84 bits per heavy atom. The fourth-order valence-electron chi connectivity index (χ4n) is 3.01. The van der Waals surface area contributed by atoms with Gasteiger partial charge >= 0.3 is 11.9 Å². The van der Waals surface area contributed by atoms with Crippen LogP contribution < -0.4 is 4.74 Å². The van der Waals surface area contributed by atoms with Crippen molar-refractivity contribution in [2.24, 2.45) is 0 Å². The quantitative estimate of drug-likeness (QED) is 0.126. The van der Waals surface area contributed by atoms with Gasteiger partial charge in [0.05, 0.1) is 17.5 Å². The zero-order chi connectivity index (χ0) is 22.8. The first-order valence-electron chi connectivity index (χ1n) is 10.5. The first kappa shape index (κ1) is 23.4. The summed E-state index contributed by atoms with van der Waals surface area (Å²) < 4.78 is 10.5. The molecule has 0 radical (unpaired) electrons. The Morgan fingerprint density at radius 2 is 1.31 bits per heavy atom. The monoisotopic (exact) mass is 447 g/mol. The van der Waals surface area contributed by atoms with Crippen LogP contribution in [0.3, 0.4) is 0 Å². The number of unbranched alkanes of at least 4 members (excludes halogenated alkanes) is 1. The van der Waals surface area contributed by atoms with Gasteiger partial charge in [0.2, 0.25) is 0 Å². The predicted octanol–water partition coefficient (Wildman–Crippen LogP) is 5.98. The van der Waals surface area contributed by atoms with Crippen molar-refractivity contribution in [1.82, 2.24) is 0 Å². The lowest BCUT2D eigenvalue weighted by Crippen LogP contribution is -2.10. The molecule has 0 amide bonds. The molecule has 0 aromatic heterocycles. The van der Waals surface area contributed by atoms with Gasteiger partial charge in [0.25, 0.3) is 0 Å². The van der Waals surface area contributed by atoms with Gasteiger partial charge in [0.1, 0.15) is 5.75 Å². The summed E-state index contributed by atoms with van der Waals surface area (Å²) in [5.74, 6) is -0.177. The van der Waals surface area contributed by atoms with E-state index in [9.17, 15) is 9.59 Å². The summed E-state index contributed by atoms with van der Waals surface area (Å²) in [4.78, 5) is 27.1. The number of benzene rings is 3. The van der Waals surface area contributed by atoms with Crippen LogP contribution in [0, 0.1) is 0 Å². The lowest BCUT2D eigenvalue weighted by molar-refractivity contribution is -0.139. The Morgan fingerprint density at radius 1 is 0.781 bits per heavy atom. The van der Waals surface area contributed by atoms with E-state index >= 15 is 0 Å². The topological polar surface area (TPSA) is 52.6 Å². The van der Waals surface area contributed by atoms with Crippen LogP contribution in [0.2, 0.25) is 0 Å². The van der Waals surface area contributed by atoms with E-state index in [1.807, 2.05) is 60.7 Å². The van der Waals surface area contributed by atoms with Gasteiger partial charge in [-0.25, -0.2) is 4.79 Å². The molecule has 164 valence electrons. The minimum absolute atomic E-state index is 0.238. The third-order valence-electron chi connectivity index (χ3n) is 4.61. The molecule has 0 heterocycles. The molecule has 32 heavy (non-hydrogen) atoms. The standard InChI is InChI=1S/C27H27O4S/c1-21(2)27(29)30-20-10-9-15-26(28)31-22-16-18-25(19-17-22)32(23-11-5-3-6-12-23)24-13-7-4-8-14-24/h3-8,11-14,16-19H,1,9-10,15,20H2,2H3/q+1. The molecule has 0 aliphatic carbocycles. The van der Waals surface area contributed by atoms with E-state index in [0.717, 1.165) is 4.90 Å². The summed E-state index contributed by atoms with van der Waals surface area (Å²) >= 11 is 0. The van der Waals surface area contributed by atoms with Crippen LogP contribution in [-0.2, 0) is 25.2 Å². The minimum Gasteiger partial charge on any atom is -0.462 e. The molecule has 0 N–H and O–H groups in total. The molecule has 0 atom stereocenters. The van der Waals surface area contributed by atoms with Gasteiger partial charge in [-0.1, -0.05) is 43.0 Å². The van der Waals surface area contributed by atoms with Gasteiger partial charge in [0.15, 0.2) is 14.7 Å². The van der Waals surface area contributed by atoms with Crippen LogP contribution in [0.25, 0.3) is 0 Å². The smallest absolute Gasteiger partial charge is 0.333 e. The second kappa shape index (κ2) is 11.9. The molecule has 0 unspecified atom stereocenters. The summed E-state index contributed by atoms with van der Waals surface area (Å²) in [5.41, 5.74) is 0.371. The highest BCUT2D eigenvalue weighted by Crippen LogP contribution is 2.31. The Kier molecular flexibility index (Phi) is 8.70. The second-order valence-electron chi connectivity index (χ2n) is 7.25. The van der Waals surface area contributed by atoms with Gasteiger partial charge in [-0.2, -0.15) is 0 Å². The summed E-state index contributed by atoms with van der Waals surface area (Å²) in [5, 5.41) is 0. The largest absolute Gasteiger partial charge is 0.462 e. The average Bonchev–Trinajstić information content (AvgIpc) is 2.81. The number of carbonyl (C=O) groups excluding carboxylic acids is 2. The van der Waals surface area contributed by atoms with Gasteiger partial charge < -0.3 is 9.47 Å². The lowest BCUT2D eigenvalue weighted by Gasteiger charge is -2.09. The minimum atomic E-state index is -0.405. The summed E-state index contributed by atoms with van der Waals surface area (Å²) in [6.07, 6.45) is 1.46. The summed E-state index contributed by atoms with van der Waals surface area (Å²) in [7, 11) is -0.238. The summed E-state index contributed by atoms with van der Waals surface area (Å²) in [6.45, 7) is 5.41.